The van der Waals surface area contributed by atoms with Crippen LogP contribution in [0, 0.1) is 17.8 Å². The van der Waals surface area contributed by atoms with Crippen molar-refractivity contribution < 1.29 is 9.59 Å². The highest BCUT2D eigenvalue weighted by Crippen LogP contribution is 2.55. The van der Waals surface area contributed by atoms with Crippen LogP contribution in [0.2, 0.25) is 0 Å². The van der Waals surface area contributed by atoms with Crippen LogP contribution >= 0.6 is 0 Å². The number of nitrogens with one attached hydrogen (secondary N) is 1. The molecule has 1 atom stereocenters. The molecule has 4 aliphatic carbocycles. The number of carbonyl (C=O) groups excluding carboxylic acids is 2. The minimum absolute atomic E-state index is 0.0235. The van der Waals surface area contributed by atoms with Gasteiger partial charge in [-0.25, -0.2) is 0 Å². The van der Waals surface area contributed by atoms with Gasteiger partial charge in [0.15, 0.2) is 0 Å². The van der Waals surface area contributed by atoms with E-state index < -0.39 is 0 Å². The van der Waals surface area contributed by atoms with E-state index in [9.17, 15) is 9.59 Å². The standard InChI is InChI=1S/C21H26N2O2/c24-19-9-18(20(25)23(19)13-14-4-2-1-3-5-14)22-21-10-15-6-16(11-21)8-17(7-15)12-21/h1-5,15-18,22H,6-13H2. The Hall–Kier alpha value is -1.68. The molecule has 0 aromatic heterocycles. The second-order valence-electron chi connectivity index (χ2n) is 8.90. The van der Waals surface area contributed by atoms with Crippen LogP contribution in [0.25, 0.3) is 0 Å². The van der Waals surface area contributed by atoms with Crippen molar-refractivity contribution >= 4 is 11.8 Å². The summed E-state index contributed by atoms with van der Waals surface area (Å²) in [5.41, 5.74) is 1.14. The Morgan fingerprint density at radius 3 is 2.16 bits per heavy atom. The number of benzene rings is 1. The lowest BCUT2D eigenvalue weighted by atomic mass is 9.53. The molecule has 1 saturated heterocycles. The van der Waals surface area contributed by atoms with E-state index in [2.05, 4.69) is 5.32 Å². The second kappa shape index (κ2) is 5.66. The molecule has 1 aromatic rings. The van der Waals surface area contributed by atoms with E-state index in [4.69, 9.17) is 0 Å². The van der Waals surface area contributed by atoms with E-state index in [1.54, 1.807) is 0 Å². The fraction of sp³-hybridized carbons (Fsp3) is 0.619. The van der Waals surface area contributed by atoms with Crippen LogP contribution in [-0.2, 0) is 16.1 Å². The van der Waals surface area contributed by atoms with Gasteiger partial charge in [0.2, 0.25) is 11.8 Å². The Labute approximate surface area is 149 Å². The molecule has 132 valence electrons. The average Bonchev–Trinajstić information content (AvgIpc) is 2.81. The first kappa shape index (κ1) is 15.6. The molecule has 0 radical (unpaired) electrons. The fourth-order valence-corrected chi connectivity index (χ4v) is 6.39. The van der Waals surface area contributed by atoms with Crippen LogP contribution in [0.3, 0.4) is 0 Å². The molecule has 1 aromatic carbocycles. The Kier molecular flexibility index (Phi) is 3.53. The van der Waals surface area contributed by atoms with Crippen molar-refractivity contribution in [1.29, 1.82) is 0 Å². The topological polar surface area (TPSA) is 49.4 Å². The summed E-state index contributed by atoms with van der Waals surface area (Å²) in [5.74, 6) is 2.46. The highest BCUT2D eigenvalue weighted by Gasteiger charge is 2.53. The number of amides is 2. The van der Waals surface area contributed by atoms with E-state index in [0.717, 1.165) is 23.3 Å². The largest absolute Gasteiger partial charge is 0.300 e. The Morgan fingerprint density at radius 2 is 1.56 bits per heavy atom. The maximum atomic E-state index is 12.9. The van der Waals surface area contributed by atoms with Gasteiger partial charge in [0, 0.05) is 5.54 Å². The van der Waals surface area contributed by atoms with Crippen LogP contribution in [0.1, 0.15) is 50.5 Å². The molecule has 4 bridgehead atoms. The first-order valence-corrected chi connectivity index (χ1v) is 9.76. The summed E-state index contributed by atoms with van der Waals surface area (Å²) in [6.07, 6.45) is 8.10. The highest BCUT2D eigenvalue weighted by molar-refractivity contribution is 6.05. The normalized spacial score (nSPS) is 39.4. The van der Waals surface area contributed by atoms with Crippen LogP contribution in [0.15, 0.2) is 30.3 Å². The summed E-state index contributed by atoms with van der Waals surface area (Å²) in [7, 11) is 0. The zero-order valence-electron chi connectivity index (χ0n) is 14.6. The van der Waals surface area contributed by atoms with Gasteiger partial charge in [0.1, 0.15) is 0 Å². The lowest BCUT2D eigenvalue weighted by Gasteiger charge is -2.57. The number of hydrogen-bond donors (Lipinski definition) is 1. The van der Waals surface area contributed by atoms with Gasteiger partial charge in [-0.2, -0.15) is 0 Å². The van der Waals surface area contributed by atoms with Gasteiger partial charge < -0.3 is 0 Å². The lowest BCUT2D eigenvalue weighted by molar-refractivity contribution is -0.140. The van der Waals surface area contributed by atoms with Crippen LogP contribution in [0.4, 0.5) is 0 Å². The molecule has 4 nitrogen and oxygen atoms in total. The quantitative estimate of drug-likeness (QED) is 0.859. The molecule has 1 unspecified atom stereocenters. The van der Waals surface area contributed by atoms with Gasteiger partial charge in [0.05, 0.1) is 19.0 Å². The van der Waals surface area contributed by atoms with E-state index in [1.165, 1.54) is 43.4 Å². The van der Waals surface area contributed by atoms with Crippen molar-refractivity contribution in [2.45, 2.75) is 63.1 Å². The SMILES string of the molecule is O=C1CC(NC23CC4CC(CC(C4)C2)C3)C(=O)N1Cc1ccccc1. The molecule has 2 amide bonds. The summed E-state index contributed by atoms with van der Waals surface area (Å²) < 4.78 is 0. The molecular formula is C21H26N2O2. The molecule has 1 N–H and O–H groups in total. The van der Waals surface area contributed by atoms with Crippen molar-refractivity contribution in [3.63, 3.8) is 0 Å². The summed E-state index contributed by atoms with van der Waals surface area (Å²) in [4.78, 5) is 26.8. The Balaban J connectivity index is 1.31. The van der Waals surface area contributed by atoms with Gasteiger partial charge in [-0.05, 0) is 61.8 Å². The highest BCUT2D eigenvalue weighted by atomic mass is 16.2. The fourth-order valence-electron chi connectivity index (χ4n) is 6.39. The van der Waals surface area contributed by atoms with Crippen LogP contribution < -0.4 is 5.32 Å². The summed E-state index contributed by atoms with van der Waals surface area (Å²) >= 11 is 0. The summed E-state index contributed by atoms with van der Waals surface area (Å²) in [6, 6.07) is 9.49. The summed E-state index contributed by atoms with van der Waals surface area (Å²) in [6.45, 7) is 0.400. The van der Waals surface area contributed by atoms with Crippen LogP contribution in [-0.4, -0.2) is 28.3 Å². The Bertz CT molecular complexity index is 664. The number of rotatable bonds is 4. The third-order valence-electron chi connectivity index (χ3n) is 6.95. The van der Waals surface area contributed by atoms with Gasteiger partial charge in [-0.1, -0.05) is 30.3 Å². The van der Waals surface area contributed by atoms with Gasteiger partial charge in [0.25, 0.3) is 0 Å². The lowest BCUT2D eigenvalue weighted by Crippen LogP contribution is -2.61. The predicted octanol–water partition coefficient (Wildman–Crippen LogP) is 2.87. The molecule has 1 aliphatic heterocycles. The average molecular weight is 338 g/mol. The van der Waals surface area contributed by atoms with Crippen molar-refractivity contribution in [2.24, 2.45) is 17.8 Å². The molecule has 1 heterocycles. The smallest absolute Gasteiger partial charge is 0.247 e. The van der Waals surface area contributed by atoms with E-state index in [1.807, 2.05) is 30.3 Å². The molecule has 4 heteroatoms. The van der Waals surface area contributed by atoms with Gasteiger partial charge in [-0.15, -0.1) is 0 Å². The molecule has 4 saturated carbocycles. The zero-order chi connectivity index (χ0) is 17.0. The monoisotopic (exact) mass is 338 g/mol. The number of hydrogen-bond acceptors (Lipinski definition) is 3. The molecule has 25 heavy (non-hydrogen) atoms. The number of nitrogens with zero attached hydrogens (tertiary/aromatic N) is 1. The third kappa shape index (κ3) is 2.71. The van der Waals surface area contributed by atoms with Crippen molar-refractivity contribution in [1.82, 2.24) is 10.2 Å². The van der Waals surface area contributed by atoms with Gasteiger partial charge in [-0.3, -0.25) is 19.8 Å². The summed E-state index contributed by atoms with van der Waals surface area (Å²) in [5, 5.41) is 3.71. The number of carbonyl (C=O) groups is 2. The van der Waals surface area contributed by atoms with E-state index in [0.29, 0.717) is 13.0 Å². The molecule has 0 spiro atoms. The second-order valence-corrected chi connectivity index (χ2v) is 8.90. The molecular weight excluding hydrogens is 312 g/mol. The molecule has 6 rings (SSSR count). The minimum atomic E-state index is -0.313. The Morgan fingerprint density at radius 1 is 0.960 bits per heavy atom. The van der Waals surface area contributed by atoms with E-state index in [-0.39, 0.29) is 23.4 Å². The number of likely N-dealkylation sites (tertiary alicyclic amines) is 1. The first-order valence-electron chi connectivity index (χ1n) is 9.76. The van der Waals surface area contributed by atoms with Crippen molar-refractivity contribution in [3.05, 3.63) is 35.9 Å². The number of imide groups is 1. The van der Waals surface area contributed by atoms with E-state index >= 15 is 0 Å². The van der Waals surface area contributed by atoms with Crippen LogP contribution in [0.5, 0.6) is 0 Å². The molecule has 5 aliphatic rings. The van der Waals surface area contributed by atoms with Gasteiger partial charge >= 0.3 is 0 Å². The molecule has 5 fully saturated rings. The maximum absolute atomic E-state index is 12.9. The minimum Gasteiger partial charge on any atom is -0.300 e. The predicted molar refractivity (Wildman–Crippen MR) is 94.4 cm³/mol. The van der Waals surface area contributed by atoms with Crippen molar-refractivity contribution in [3.8, 4) is 0 Å². The van der Waals surface area contributed by atoms with Crippen molar-refractivity contribution in [2.75, 3.05) is 0 Å². The first-order chi connectivity index (χ1) is 12.1. The third-order valence-corrected chi connectivity index (χ3v) is 6.95. The maximum Gasteiger partial charge on any atom is 0.247 e. The zero-order valence-corrected chi connectivity index (χ0v) is 14.6.